The summed E-state index contributed by atoms with van der Waals surface area (Å²) in [7, 11) is 2.03. The van der Waals surface area contributed by atoms with Crippen molar-refractivity contribution in [3.8, 4) is 0 Å². The molecule has 0 aromatic heterocycles. The molecule has 0 spiro atoms. The standard InChI is InChI=1S/C26H29BrN2O2/c1-3-16-28-26(30)22-12-14-24(15-13-22)29(2)25(18-21-10-7-11-23(27)17-21)31-19-20-8-5-4-6-9-20/h4-15,17,25H,3,16,18-19H2,1-2H3,(H,28,30). The lowest BCUT2D eigenvalue weighted by Crippen LogP contribution is -2.36. The third kappa shape index (κ3) is 6.94. The van der Waals surface area contributed by atoms with Crippen molar-refractivity contribution in [2.75, 3.05) is 18.5 Å². The molecule has 31 heavy (non-hydrogen) atoms. The number of ether oxygens (including phenoxy) is 1. The highest BCUT2D eigenvalue weighted by Crippen LogP contribution is 2.22. The number of anilines is 1. The van der Waals surface area contributed by atoms with Gasteiger partial charge in [-0.1, -0.05) is 65.3 Å². The van der Waals surface area contributed by atoms with Crippen LogP contribution in [-0.2, 0) is 17.8 Å². The van der Waals surface area contributed by atoms with Crippen LogP contribution in [0.1, 0.15) is 34.8 Å². The number of nitrogens with zero attached hydrogens (tertiary/aromatic N) is 1. The van der Waals surface area contributed by atoms with Gasteiger partial charge in [-0.05, 0) is 53.9 Å². The Morgan fingerprint density at radius 2 is 1.71 bits per heavy atom. The van der Waals surface area contributed by atoms with E-state index in [4.69, 9.17) is 4.74 Å². The van der Waals surface area contributed by atoms with Gasteiger partial charge in [-0.25, -0.2) is 0 Å². The third-order valence-corrected chi connectivity index (χ3v) is 5.58. The number of hydrogen-bond donors (Lipinski definition) is 1. The van der Waals surface area contributed by atoms with E-state index in [0.29, 0.717) is 18.7 Å². The summed E-state index contributed by atoms with van der Waals surface area (Å²) in [4.78, 5) is 14.3. The van der Waals surface area contributed by atoms with Gasteiger partial charge in [0.15, 0.2) is 0 Å². The first-order valence-corrected chi connectivity index (χ1v) is 11.4. The van der Waals surface area contributed by atoms with Crippen LogP contribution in [0.15, 0.2) is 83.3 Å². The Morgan fingerprint density at radius 1 is 1.00 bits per heavy atom. The average Bonchev–Trinajstić information content (AvgIpc) is 2.80. The van der Waals surface area contributed by atoms with Crippen LogP contribution in [0.3, 0.4) is 0 Å². The summed E-state index contributed by atoms with van der Waals surface area (Å²) in [6.07, 6.45) is 1.50. The number of amides is 1. The Labute approximate surface area is 193 Å². The molecular formula is C26H29BrN2O2. The molecular weight excluding hydrogens is 452 g/mol. The predicted octanol–water partition coefficient (Wildman–Crippen LogP) is 5.81. The summed E-state index contributed by atoms with van der Waals surface area (Å²) in [6, 6.07) is 26.2. The van der Waals surface area contributed by atoms with Crippen molar-refractivity contribution in [2.24, 2.45) is 0 Å². The van der Waals surface area contributed by atoms with Crippen molar-refractivity contribution < 1.29 is 9.53 Å². The van der Waals surface area contributed by atoms with Crippen LogP contribution in [0.25, 0.3) is 0 Å². The average molecular weight is 481 g/mol. The molecule has 3 aromatic rings. The predicted molar refractivity (Wildman–Crippen MR) is 130 cm³/mol. The number of likely N-dealkylation sites (N-methyl/N-ethyl adjacent to an activating group) is 1. The highest BCUT2D eigenvalue weighted by molar-refractivity contribution is 9.10. The largest absolute Gasteiger partial charge is 0.353 e. The highest BCUT2D eigenvalue weighted by atomic mass is 79.9. The molecule has 1 unspecified atom stereocenters. The number of carbonyl (C=O) groups is 1. The summed E-state index contributed by atoms with van der Waals surface area (Å²) in [5.41, 5.74) is 3.99. The lowest BCUT2D eigenvalue weighted by atomic mass is 10.1. The van der Waals surface area contributed by atoms with Crippen molar-refractivity contribution >= 4 is 27.5 Å². The Hall–Kier alpha value is -2.63. The second-order valence-corrected chi connectivity index (χ2v) is 8.41. The summed E-state index contributed by atoms with van der Waals surface area (Å²) in [6.45, 7) is 3.25. The van der Waals surface area contributed by atoms with Crippen molar-refractivity contribution in [1.29, 1.82) is 0 Å². The molecule has 0 heterocycles. The van der Waals surface area contributed by atoms with E-state index in [9.17, 15) is 4.79 Å². The third-order valence-electron chi connectivity index (χ3n) is 5.09. The molecule has 0 aliphatic rings. The maximum atomic E-state index is 12.2. The van der Waals surface area contributed by atoms with Crippen LogP contribution in [0.4, 0.5) is 5.69 Å². The van der Waals surface area contributed by atoms with E-state index >= 15 is 0 Å². The normalized spacial score (nSPS) is 11.7. The molecule has 3 aromatic carbocycles. The molecule has 0 aliphatic carbocycles. The van der Waals surface area contributed by atoms with Crippen LogP contribution < -0.4 is 10.2 Å². The molecule has 4 nitrogen and oxygen atoms in total. The van der Waals surface area contributed by atoms with E-state index in [2.05, 4.69) is 50.4 Å². The first-order chi connectivity index (χ1) is 15.1. The molecule has 162 valence electrons. The summed E-state index contributed by atoms with van der Waals surface area (Å²) in [5.74, 6) is -0.0398. The van der Waals surface area contributed by atoms with Gasteiger partial charge in [0.1, 0.15) is 6.23 Å². The van der Waals surface area contributed by atoms with E-state index in [0.717, 1.165) is 28.6 Å². The molecule has 0 radical (unpaired) electrons. The van der Waals surface area contributed by atoms with Gasteiger partial charge >= 0.3 is 0 Å². The van der Waals surface area contributed by atoms with E-state index in [1.165, 1.54) is 5.56 Å². The first kappa shape index (κ1) is 23.0. The van der Waals surface area contributed by atoms with Crippen LogP contribution in [-0.4, -0.2) is 25.7 Å². The molecule has 1 amide bonds. The lowest BCUT2D eigenvalue weighted by Gasteiger charge is -2.30. The van der Waals surface area contributed by atoms with Crippen molar-refractivity contribution in [2.45, 2.75) is 32.6 Å². The van der Waals surface area contributed by atoms with Crippen LogP contribution >= 0.6 is 15.9 Å². The Bertz CT molecular complexity index is 961. The summed E-state index contributed by atoms with van der Waals surface area (Å²) < 4.78 is 7.40. The van der Waals surface area contributed by atoms with Gasteiger partial charge in [-0.15, -0.1) is 0 Å². The first-order valence-electron chi connectivity index (χ1n) is 10.6. The zero-order valence-electron chi connectivity index (χ0n) is 18.1. The monoisotopic (exact) mass is 480 g/mol. The minimum atomic E-state index is -0.158. The molecule has 0 aliphatic heterocycles. The van der Waals surface area contributed by atoms with Gasteiger partial charge in [-0.3, -0.25) is 4.79 Å². The van der Waals surface area contributed by atoms with Gasteiger partial charge in [0, 0.05) is 35.7 Å². The summed E-state index contributed by atoms with van der Waals surface area (Å²) >= 11 is 3.56. The fourth-order valence-electron chi connectivity index (χ4n) is 3.29. The van der Waals surface area contributed by atoms with Crippen LogP contribution in [0, 0.1) is 0 Å². The molecule has 0 saturated carbocycles. The maximum absolute atomic E-state index is 12.2. The zero-order chi connectivity index (χ0) is 22.1. The van der Waals surface area contributed by atoms with Crippen molar-refractivity contribution in [1.82, 2.24) is 5.32 Å². The van der Waals surface area contributed by atoms with Crippen LogP contribution in [0.5, 0.6) is 0 Å². The van der Waals surface area contributed by atoms with Gasteiger partial charge in [0.05, 0.1) is 6.61 Å². The van der Waals surface area contributed by atoms with Crippen LogP contribution in [0.2, 0.25) is 0 Å². The molecule has 1 N–H and O–H groups in total. The van der Waals surface area contributed by atoms with E-state index in [1.54, 1.807) is 0 Å². The minimum Gasteiger partial charge on any atom is -0.353 e. The molecule has 0 bridgehead atoms. The van der Waals surface area contributed by atoms with Gasteiger partial charge in [0.25, 0.3) is 5.91 Å². The second-order valence-electron chi connectivity index (χ2n) is 7.50. The second kappa shape index (κ2) is 11.7. The number of benzene rings is 3. The lowest BCUT2D eigenvalue weighted by molar-refractivity contribution is 0.0417. The Balaban J connectivity index is 1.75. The maximum Gasteiger partial charge on any atom is 0.251 e. The fraction of sp³-hybridized carbons (Fsp3) is 0.269. The zero-order valence-corrected chi connectivity index (χ0v) is 19.6. The molecule has 5 heteroatoms. The van der Waals surface area contributed by atoms with Gasteiger partial charge in [0.2, 0.25) is 0 Å². The molecule has 0 fully saturated rings. The smallest absolute Gasteiger partial charge is 0.251 e. The van der Waals surface area contributed by atoms with Gasteiger partial charge in [-0.2, -0.15) is 0 Å². The van der Waals surface area contributed by atoms with Crippen molar-refractivity contribution in [3.05, 3.63) is 100 Å². The Kier molecular flexibility index (Phi) is 8.68. The molecule has 3 rings (SSSR count). The quantitative estimate of drug-likeness (QED) is 0.372. The number of hydrogen-bond acceptors (Lipinski definition) is 3. The SMILES string of the molecule is CCCNC(=O)c1ccc(N(C)C(Cc2cccc(Br)c2)OCc2ccccc2)cc1. The van der Waals surface area contributed by atoms with Crippen molar-refractivity contribution in [3.63, 3.8) is 0 Å². The fourth-order valence-corrected chi connectivity index (χ4v) is 3.74. The van der Waals surface area contributed by atoms with E-state index in [1.807, 2.05) is 68.6 Å². The number of rotatable bonds is 10. The minimum absolute atomic E-state index is 0.0398. The molecule has 1 atom stereocenters. The number of halogens is 1. The number of carbonyl (C=O) groups excluding carboxylic acids is 1. The van der Waals surface area contributed by atoms with E-state index < -0.39 is 0 Å². The van der Waals surface area contributed by atoms with E-state index in [-0.39, 0.29) is 12.1 Å². The molecule has 0 saturated heterocycles. The summed E-state index contributed by atoms with van der Waals surface area (Å²) in [5, 5.41) is 2.91. The number of nitrogens with one attached hydrogen (secondary N) is 1. The van der Waals surface area contributed by atoms with Gasteiger partial charge < -0.3 is 15.0 Å². The topological polar surface area (TPSA) is 41.6 Å². The Morgan fingerprint density at radius 3 is 2.39 bits per heavy atom. The highest BCUT2D eigenvalue weighted by Gasteiger charge is 2.18.